The van der Waals surface area contributed by atoms with Crippen LogP contribution in [0.1, 0.15) is 29.6 Å². The van der Waals surface area contributed by atoms with Crippen LogP contribution in [0.25, 0.3) is 0 Å². The second-order valence-electron chi connectivity index (χ2n) is 5.16. The van der Waals surface area contributed by atoms with E-state index in [0.717, 1.165) is 12.8 Å². The molecule has 1 aliphatic carbocycles. The van der Waals surface area contributed by atoms with E-state index < -0.39 is 0 Å². The Morgan fingerprint density at radius 2 is 2.15 bits per heavy atom. The van der Waals surface area contributed by atoms with E-state index in [-0.39, 0.29) is 5.91 Å². The molecule has 1 amide bonds. The smallest absolute Gasteiger partial charge is 0.255 e. The topological polar surface area (TPSA) is 38.3 Å². The van der Waals surface area contributed by atoms with Crippen molar-refractivity contribution >= 4 is 29.1 Å². The number of benzene rings is 1. The number of carbonyl (C=O) groups is 1. The molecule has 20 heavy (non-hydrogen) atoms. The first kappa shape index (κ1) is 15.5. The molecule has 1 aliphatic rings. The SMILES string of the molecule is COc1cc(Cl)ccc1C(=O)NCC1CCCC1CCl. The molecule has 0 spiro atoms. The zero-order valence-electron chi connectivity index (χ0n) is 11.5. The van der Waals surface area contributed by atoms with Crippen molar-refractivity contribution in [3.8, 4) is 5.75 Å². The molecule has 0 bridgehead atoms. The molecule has 110 valence electrons. The highest BCUT2D eigenvalue weighted by Crippen LogP contribution is 2.32. The predicted molar refractivity (Wildman–Crippen MR) is 81.9 cm³/mol. The lowest BCUT2D eigenvalue weighted by Crippen LogP contribution is -2.31. The fourth-order valence-electron chi connectivity index (χ4n) is 2.76. The highest BCUT2D eigenvalue weighted by atomic mass is 35.5. The van der Waals surface area contributed by atoms with Crippen molar-refractivity contribution in [2.24, 2.45) is 11.8 Å². The van der Waals surface area contributed by atoms with Crippen molar-refractivity contribution in [1.29, 1.82) is 0 Å². The summed E-state index contributed by atoms with van der Waals surface area (Å²) < 4.78 is 5.20. The monoisotopic (exact) mass is 315 g/mol. The molecule has 0 aliphatic heterocycles. The number of carbonyl (C=O) groups excluding carboxylic acids is 1. The third kappa shape index (κ3) is 3.58. The Hall–Kier alpha value is -0.930. The maximum absolute atomic E-state index is 12.2. The summed E-state index contributed by atoms with van der Waals surface area (Å²) in [7, 11) is 1.53. The van der Waals surface area contributed by atoms with Gasteiger partial charge < -0.3 is 10.1 Å². The number of hydrogen-bond donors (Lipinski definition) is 1. The summed E-state index contributed by atoms with van der Waals surface area (Å²) in [6, 6.07) is 5.02. The van der Waals surface area contributed by atoms with Gasteiger partial charge in [-0.25, -0.2) is 0 Å². The van der Waals surface area contributed by atoms with E-state index in [4.69, 9.17) is 27.9 Å². The van der Waals surface area contributed by atoms with Crippen molar-refractivity contribution in [3.63, 3.8) is 0 Å². The first-order valence-electron chi connectivity index (χ1n) is 6.83. The summed E-state index contributed by atoms with van der Waals surface area (Å²) >= 11 is 11.8. The van der Waals surface area contributed by atoms with Crippen LogP contribution in [0.3, 0.4) is 0 Å². The van der Waals surface area contributed by atoms with Crippen molar-refractivity contribution in [2.45, 2.75) is 19.3 Å². The van der Waals surface area contributed by atoms with E-state index in [1.807, 2.05) is 0 Å². The molecule has 1 aromatic carbocycles. The molecule has 2 atom stereocenters. The van der Waals surface area contributed by atoms with E-state index in [1.54, 1.807) is 18.2 Å². The molecule has 2 rings (SSSR count). The Balaban J connectivity index is 1.98. The summed E-state index contributed by atoms with van der Waals surface area (Å²) in [5.41, 5.74) is 0.511. The minimum absolute atomic E-state index is 0.126. The minimum atomic E-state index is -0.126. The molecule has 0 aromatic heterocycles. The van der Waals surface area contributed by atoms with Crippen LogP contribution in [-0.2, 0) is 0 Å². The Morgan fingerprint density at radius 1 is 1.40 bits per heavy atom. The number of ether oxygens (including phenoxy) is 1. The summed E-state index contributed by atoms with van der Waals surface area (Å²) in [6.45, 7) is 0.669. The first-order valence-corrected chi connectivity index (χ1v) is 7.74. The zero-order valence-corrected chi connectivity index (χ0v) is 13.0. The summed E-state index contributed by atoms with van der Waals surface area (Å²) in [5, 5.41) is 3.53. The molecule has 0 heterocycles. The lowest BCUT2D eigenvalue weighted by molar-refractivity contribution is 0.0941. The van der Waals surface area contributed by atoms with Gasteiger partial charge in [0.25, 0.3) is 5.91 Å². The lowest BCUT2D eigenvalue weighted by atomic mass is 9.98. The van der Waals surface area contributed by atoms with Crippen LogP contribution in [0.2, 0.25) is 5.02 Å². The Bertz CT molecular complexity index is 479. The van der Waals surface area contributed by atoms with E-state index in [1.165, 1.54) is 13.5 Å². The van der Waals surface area contributed by atoms with Crippen LogP contribution < -0.4 is 10.1 Å². The molecule has 5 heteroatoms. The molecule has 2 unspecified atom stereocenters. The third-order valence-corrected chi connectivity index (χ3v) is 4.58. The lowest BCUT2D eigenvalue weighted by Gasteiger charge is -2.18. The van der Waals surface area contributed by atoms with Crippen molar-refractivity contribution in [1.82, 2.24) is 5.32 Å². The van der Waals surface area contributed by atoms with Crippen LogP contribution in [-0.4, -0.2) is 25.4 Å². The predicted octanol–water partition coefficient (Wildman–Crippen LogP) is 3.73. The normalized spacial score (nSPS) is 21.8. The number of halogens is 2. The fourth-order valence-corrected chi connectivity index (χ4v) is 3.33. The molecule has 0 saturated heterocycles. The summed E-state index contributed by atoms with van der Waals surface area (Å²) in [4.78, 5) is 12.2. The highest BCUT2D eigenvalue weighted by molar-refractivity contribution is 6.30. The first-order chi connectivity index (χ1) is 9.65. The van der Waals surface area contributed by atoms with Gasteiger partial charge in [-0.3, -0.25) is 4.79 Å². The van der Waals surface area contributed by atoms with Gasteiger partial charge in [-0.05, 0) is 42.9 Å². The third-order valence-electron chi connectivity index (χ3n) is 3.95. The number of rotatable bonds is 5. The Kier molecular flexibility index (Phi) is 5.55. The van der Waals surface area contributed by atoms with Gasteiger partial charge >= 0.3 is 0 Å². The van der Waals surface area contributed by atoms with Crippen molar-refractivity contribution in [2.75, 3.05) is 19.5 Å². The minimum Gasteiger partial charge on any atom is -0.496 e. The van der Waals surface area contributed by atoms with Gasteiger partial charge in [0.2, 0.25) is 0 Å². The van der Waals surface area contributed by atoms with Crippen LogP contribution in [0.4, 0.5) is 0 Å². The van der Waals surface area contributed by atoms with Crippen LogP contribution >= 0.6 is 23.2 Å². The Morgan fingerprint density at radius 3 is 2.85 bits per heavy atom. The molecule has 1 fully saturated rings. The van der Waals surface area contributed by atoms with Gasteiger partial charge in [-0.2, -0.15) is 0 Å². The quantitative estimate of drug-likeness (QED) is 0.841. The Labute approximate surface area is 129 Å². The number of nitrogens with one attached hydrogen (secondary N) is 1. The average molecular weight is 316 g/mol. The van der Waals surface area contributed by atoms with Gasteiger partial charge in [0.05, 0.1) is 12.7 Å². The molecular formula is C15H19Cl2NO2. The largest absolute Gasteiger partial charge is 0.496 e. The molecule has 0 radical (unpaired) electrons. The molecule has 1 saturated carbocycles. The van der Waals surface area contributed by atoms with Gasteiger partial charge in [-0.15, -0.1) is 11.6 Å². The van der Waals surface area contributed by atoms with Crippen LogP contribution in [0, 0.1) is 11.8 Å². The van der Waals surface area contributed by atoms with Crippen LogP contribution in [0.5, 0.6) is 5.75 Å². The summed E-state index contributed by atoms with van der Waals surface area (Å²) in [5.74, 6) is 2.04. The summed E-state index contributed by atoms with van der Waals surface area (Å²) in [6.07, 6.45) is 3.49. The van der Waals surface area contributed by atoms with Crippen molar-refractivity contribution in [3.05, 3.63) is 28.8 Å². The maximum atomic E-state index is 12.2. The number of amides is 1. The van der Waals surface area contributed by atoms with Crippen molar-refractivity contribution < 1.29 is 9.53 Å². The maximum Gasteiger partial charge on any atom is 0.255 e. The average Bonchev–Trinajstić information content (AvgIpc) is 2.92. The van der Waals surface area contributed by atoms with Crippen LogP contribution in [0.15, 0.2) is 18.2 Å². The molecular weight excluding hydrogens is 297 g/mol. The number of hydrogen-bond acceptors (Lipinski definition) is 2. The second-order valence-corrected chi connectivity index (χ2v) is 5.91. The zero-order chi connectivity index (χ0) is 14.5. The highest BCUT2D eigenvalue weighted by Gasteiger charge is 2.27. The second kappa shape index (κ2) is 7.19. The van der Waals surface area contributed by atoms with E-state index in [9.17, 15) is 4.79 Å². The van der Waals surface area contributed by atoms with Gasteiger partial charge in [0.15, 0.2) is 0 Å². The molecule has 3 nitrogen and oxygen atoms in total. The van der Waals surface area contributed by atoms with E-state index in [0.29, 0.717) is 40.6 Å². The van der Waals surface area contributed by atoms with E-state index >= 15 is 0 Å². The standard InChI is InChI=1S/C15H19Cl2NO2/c1-20-14-7-12(17)5-6-13(14)15(19)18-9-11-4-2-3-10(11)8-16/h5-7,10-11H,2-4,8-9H2,1H3,(H,18,19). The fraction of sp³-hybridized carbons (Fsp3) is 0.533. The number of alkyl halides is 1. The van der Waals surface area contributed by atoms with Gasteiger partial charge in [-0.1, -0.05) is 18.0 Å². The number of methoxy groups -OCH3 is 1. The molecule has 1 aromatic rings. The van der Waals surface area contributed by atoms with Gasteiger partial charge in [0.1, 0.15) is 5.75 Å². The van der Waals surface area contributed by atoms with Gasteiger partial charge in [0, 0.05) is 17.4 Å². The van der Waals surface area contributed by atoms with E-state index in [2.05, 4.69) is 5.32 Å². The molecule has 1 N–H and O–H groups in total.